The summed E-state index contributed by atoms with van der Waals surface area (Å²) in [7, 11) is 3.46. The van der Waals surface area contributed by atoms with Gasteiger partial charge >= 0.3 is 0 Å². The topological polar surface area (TPSA) is 71.9 Å². The average Bonchev–Trinajstić information content (AvgIpc) is 2.68. The van der Waals surface area contributed by atoms with E-state index in [2.05, 4.69) is 16.7 Å². The first kappa shape index (κ1) is 21.0. The molecular formula is C21H32N3O3+. The normalized spacial score (nSPS) is 16.0. The van der Waals surface area contributed by atoms with E-state index in [4.69, 9.17) is 4.74 Å². The molecule has 0 saturated heterocycles. The maximum atomic E-state index is 12.3. The number of rotatable bonds is 9. The second kappa shape index (κ2) is 10.7. The molecule has 0 saturated carbocycles. The number of anilines is 1. The van der Waals surface area contributed by atoms with Gasteiger partial charge in [-0.3, -0.25) is 9.59 Å². The number of amides is 2. The zero-order valence-corrected chi connectivity index (χ0v) is 16.6. The van der Waals surface area contributed by atoms with E-state index in [1.807, 2.05) is 14.0 Å². The van der Waals surface area contributed by atoms with Crippen LogP contribution >= 0.6 is 0 Å². The minimum Gasteiger partial charge on any atom is -0.497 e. The summed E-state index contributed by atoms with van der Waals surface area (Å²) < 4.78 is 5.10. The van der Waals surface area contributed by atoms with E-state index in [9.17, 15) is 9.59 Å². The molecule has 2 rings (SSSR count). The highest BCUT2D eigenvalue weighted by Crippen LogP contribution is 2.19. The third kappa shape index (κ3) is 7.06. The zero-order chi connectivity index (χ0) is 19.6. The van der Waals surface area contributed by atoms with E-state index in [0.29, 0.717) is 12.2 Å². The Bertz CT molecular complexity index is 655. The molecule has 0 fully saturated rings. The second-order valence-electron chi connectivity index (χ2n) is 7.17. The van der Waals surface area contributed by atoms with Crippen LogP contribution < -0.4 is 20.3 Å². The van der Waals surface area contributed by atoms with E-state index in [1.54, 1.807) is 31.4 Å². The highest BCUT2D eigenvalue weighted by molar-refractivity contribution is 5.91. The number of carbonyl (C=O) groups is 2. The Kier molecular flexibility index (Phi) is 8.33. The lowest BCUT2D eigenvalue weighted by molar-refractivity contribution is -0.885. The van der Waals surface area contributed by atoms with E-state index in [0.717, 1.165) is 29.9 Å². The molecule has 148 valence electrons. The number of benzene rings is 1. The third-order valence-electron chi connectivity index (χ3n) is 5.08. The summed E-state index contributed by atoms with van der Waals surface area (Å²) in [6.45, 7) is 2.75. The van der Waals surface area contributed by atoms with Gasteiger partial charge in [-0.2, -0.15) is 0 Å². The minimum atomic E-state index is -0.285. The number of quaternary nitrogens is 1. The predicted octanol–water partition coefficient (Wildman–Crippen LogP) is 1.54. The Morgan fingerprint density at radius 1 is 1.22 bits per heavy atom. The van der Waals surface area contributed by atoms with Crippen LogP contribution in [0.25, 0.3) is 0 Å². The molecule has 0 spiro atoms. The molecule has 0 aromatic heterocycles. The van der Waals surface area contributed by atoms with Crippen molar-refractivity contribution >= 4 is 17.5 Å². The van der Waals surface area contributed by atoms with Gasteiger partial charge < -0.3 is 20.3 Å². The third-order valence-corrected chi connectivity index (χ3v) is 5.08. The molecule has 0 bridgehead atoms. The Labute approximate surface area is 162 Å². The Morgan fingerprint density at radius 3 is 2.59 bits per heavy atom. The van der Waals surface area contributed by atoms with Crippen molar-refractivity contribution in [3.8, 4) is 5.75 Å². The molecule has 0 radical (unpaired) electrons. The fourth-order valence-electron chi connectivity index (χ4n) is 3.14. The second-order valence-corrected chi connectivity index (χ2v) is 7.17. The number of likely N-dealkylation sites (N-methyl/N-ethyl adjacent to an activating group) is 1. The van der Waals surface area contributed by atoms with Crippen molar-refractivity contribution in [2.24, 2.45) is 0 Å². The lowest BCUT2D eigenvalue weighted by Crippen LogP contribution is -3.15. The van der Waals surface area contributed by atoms with Gasteiger partial charge in [0.25, 0.3) is 11.8 Å². The number of carbonyl (C=O) groups excluding carboxylic acids is 2. The van der Waals surface area contributed by atoms with Crippen LogP contribution in [-0.2, 0) is 9.59 Å². The Morgan fingerprint density at radius 2 is 1.96 bits per heavy atom. The summed E-state index contributed by atoms with van der Waals surface area (Å²) >= 11 is 0. The molecule has 1 aromatic carbocycles. The van der Waals surface area contributed by atoms with Gasteiger partial charge in [0.2, 0.25) is 0 Å². The molecule has 1 unspecified atom stereocenters. The fraction of sp³-hybridized carbons (Fsp3) is 0.524. The van der Waals surface area contributed by atoms with Crippen molar-refractivity contribution in [3.05, 3.63) is 35.9 Å². The van der Waals surface area contributed by atoms with Gasteiger partial charge in [0.1, 0.15) is 5.75 Å². The molecule has 6 heteroatoms. The van der Waals surface area contributed by atoms with Crippen LogP contribution in [0.2, 0.25) is 0 Å². The SMILES string of the molecule is COc1ccc(NC(=O)C[NH+](C)[C@@H](C)C(=O)NCCC2=CCCCC2)cc1. The first-order valence-corrected chi connectivity index (χ1v) is 9.71. The molecule has 2 atom stereocenters. The van der Waals surface area contributed by atoms with Crippen molar-refractivity contribution in [3.63, 3.8) is 0 Å². The van der Waals surface area contributed by atoms with Gasteiger partial charge in [-0.1, -0.05) is 11.6 Å². The smallest absolute Gasteiger partial charge is 0.279 e. The predicted molar refractivity (Wildman–Crippen MR) is 107 cm³/mol. The van der Waals surface area contributed by atoms with Crippen LogP contribution in [0.4, 0.5) is 5.69 Å². The molecular weight excluding hydrogens is 342 g/mol. The maximum Gasteiger partial charge on any atom is 0.279 e. The molecule has 1 aliphatic rings. The van der Waals surface area contributed by atoms with Crippen LogP contribution in [0.3, 0.4) is 0 Å². The molecule has 6 nitrogen and oxygen atoms in total. The Balaban J connectivity index is 1.72. The maximum absolute atomic E-state index is 12.3. The Hall–Kier alpha value is -2.34. The first-order chi connectivity index (χ1) is 13.0. The van der Waals surface area contributed by atoms with Gasteiger partial charge in [0.05, 0.1) is 14.2 Å². The molecule has 1 aliphatic carbocycles. The molecule has 0 heterocycles. The zero-order valence-electron chi connectivity index (χ0n) is 16.6. The quantitative estimate of drug-likeness (QED) is 0.574. The minimum absolute atomic E-state index is 0.0128. The number of allylic oxidation sites excluding steroid dienone is 1. The standard InChI is InChI=1S/C21H31N3O3/c1-16(21(26)22-14-13-17-7-5-4-6-8-17)24(2)15-20(25)23-18-9-11-19(27-3)12-10-18/h7,9-12,16H,4-6,8,13-15H2,1-3H3,(H,22,26)(H,23,25)/p+1/t16-/m0/s1. The van der Waals surface area contributed by atoms with Gasteiger partial charge in [-0.25, -0.2) is 0 Å². The molecule has 3 N–H and O–H groups in total. The van der Waals surface area contributed by atoms with Crippen molar-refractivity contribution in [2.75, 3.05) is 32.6 Å². The summed E-state index contributed by atoms with van der Waals surface area (Å²) in [6, 6.07) is 6.89. The highest BCUT2D eigenvalue weighted by atomic mass is 16.5. The molecule has 0 aliphatic heterocycles. The number of ether oxygens (including phenoxy) is 1. The van der Waals surface area contributed by atoms with Crippen LogP contribution in [0.1, 0.15) is 39.0 Å². The van der Waals surface area contributed by atoms with E-state index in [1.165, 1.54) is 18.4 Å². The van der Waals surface area contributed by atoms with E-state index < -0.39 is 0 Å². The largest absolute Gasteiger partial charge is 0.497 e. The monoisotopic (exact) mass is 374 g/mol. The van der Waals surface area contributed by atoms with Crippen LogP contribution in [0, 0.1) is 0 Å². The summed E-state index contributed by atoms with van der Waals surface area (Å²) in [4.78, 5) is 25.4. The van der Waals surface area contributed by atoms with Crippen LogP contribution in [0.5, 0.6) is 5.75 Å². The first-order valence-electron chi connectivity index (χ1n) is 9.71. The summed E-state index contributed by atoms with van der Waals surface area (Å²) in [5.41, 5.74) is 2.17. The van der Waals surface area contributed by atoms with Crippen molar-refractivity contribution < 1.29 is 19.2 Å². The average molecular weight is 375 g/mol. The molecule has 1 aromatic rings. The number of hydrogen-bond acceptors (Lipinski definition) is 3. The summed E-state index contributed by atoms with van der Waals surface area (Å²) in [5.74, 6) is 0.607. The summed E-state index contributed by atoms with van der Waals surface area (Å²) in [6.07, 6.45) is 8.08. The number of nitrogens with one attached hydrogen (secondary N) is 3. The van der Waals surface area contributed by atoms with Gasteiger partial charge in [0, 0.05) is 12.2 Å². The lowest BCUT2D eigenvalue weighted by atomic mass is 9.97. The van der Waals surface area contributed by atoms with E-state index in [-0.39, 0.29) is 24.4 Å². The fourth-order valence-corrected chi connectivity index (χ4v) is 3.14. The van der Waals surface area contributed by atoms with Crippen molar-refractivity contribution in [1.82, 2.24) is 5.32 Å². The molecule has 2 amide bonds. The van der Waals surface area contributed by atoms with Crippen molar-refractivity contribution in [1.29, 1.82) is 0 Å². The number of methoxy groups -OCH3 is 1. The highest BCUT2D eigenvalue weighted by Gasteiger charge is 2.23. The van der Waals surface area contributed by atoms with Gasteiger partial charge in [-0.05, 0) is 63.3 Å². The van der Waals surface area contributed by atoms with Crippen molar-refractivity contribution in [2.45, 2.75) is 45.1 Å². The summed E-state index contributed by atoms with van der Waals surface area (Å²) in [5, 5.41) is 5.85. The molecule has 27 heavy (non-hydrogen) atoms. The lowest BCUT2D eigenvalue weighted by Gasteiger charge is -2.21. The van der Waals surface area contributed by atoms with Crippen LogP contribution in [-0.4, -0.2) is 45.1 Å². The van der Waals surface area contributed by atoms with Crippen LogP contribution in [0.15, 0.2) is 35.9 Å². The van der Waals surface area contributed by atoms with Gasteiger partial charge in [-0.15, -0.1) is 0 Å². The van der Waals surface area contributed by atoms with E-state index >= 15 is 0 Å². The van der Waals surface area contributed by atoms with Gasteiger partial charge in [0.15, 0.2) is 12.6 Å². The number of hydrogen-bond donors (Lipinski definition) is 3.